The Labute approximate surface area is 125 Å². The highest BCUT2D eigenvalue weighted by atomic mass is 35.5. The largest absolute Gasteiger partial charge is 0.347 e. The number of aromatic nitrogens is 1. The number of pyridine rings is 1. The van der Waals surface area contributed by atoms with Crippen LogP contribution in [-0.2, 0) is 10.8 Å². The third-order valence-corrected chi connectivity index (χ3v) is 4.04. The van der Waals surface area contributed by atoms with E-state index in [2.05, 4.69) is 10.3 Å². The molecule has 0 aliphatic carbocycles. The summed E-state index contributed by atoms with van der Waals surface area (Å²) in [5.41, 5.74) is 0.944. The van der Waals surface area contributed by atoms with Crippen LogP contribution in [0, 0.1) is 0 Å². The molecule has 0 radical (unpaired) electrons. The van der Waals surface area contributed by atoms with Gasteiger partial charge in [-0.1, -0.05) is 29.8 Å². The summed E-state index contributed by atoms with van der Waals surface area (Å²) in [7, 11) is -0.956. The number of rotatable bonds is 4. The fourth-order valence-electron chi connectivity index (χ4n) is 1.94. The number of hydrogen-bond donors (Lipinski definition) is 1. The molecular formula is C14H15ClN2O2S. The summed E-state index contributed by atoms with van der Waals surface area (Å²) < 4.78 is 11.1. The molecule has 1 heterocycles. The predicted molar refractivity (Wildman–Crippen MR) is 82.6 cm³/mol. The van der Waals surface area contributed by atoms with Crippen LogP contribution in [0.4, 0.5) is 0 Å². The van der Waals surface area contributed by atoms with E-state index in [9.17, 15) is 9.00 Å². The number of hydrogen-bond acceptors (Lipinski definition) is 3. The van der Waals surface area contributed by atoms with Crippen molar-refractivity contribution in [3.63, 3.8) is 0 Å². The van der Waals surface area contributed by atoms with Gasteiger partial charge in [0, 0.05) is 34.2 Å². The summed E-state index contributed by atoms with van der Waals surface area (Å²) in [6.07, 6.45) is 1.60. The second kappa shape index (κ2) is 6.33. The van der Waals surface area contributed by atoms with E-state index in [-0.39, 0.29) is 17.6 Å². The number of nitrogens with zero attached hydrogens (tertiary/aromatic N) is 1. The number of para-hydroxylation sites is 1. The second-order valence-corrected chi connectivity index (χ2v) is 6.51. The number of nitrogens with one attached hydrogen (secondary N) is 1. The van der Waals surface area contributed by atoms with Crippen LogP contribution in [0.25, 0.3) is 10.9 Å². The van der Waals surface area contributed by atoms with Crippen LogP contribution in [0.1, 0.15) is 17.4 Å². The van der Waals surface area contributed by atoms with Crippen molar-refractivity contribution < 1.29 is 9.00 Å². The zero-order chi connectivity index (χ0) is 14.7. The Morgan fingerprint density at radius 2 is 2.15 bits per heavy atom. The van der Waals surface area contributed by atoms with Gasteiger partial charge < -0.3 is 5.32 Å². The molecular weight excluding hydrogens is 296 g/mol. The Balaban J connectivity index is 2.24. The number of carbonyl (C=O) groups excluding carboxylic acids is 1. The van der Waals surface area contributed by atoms with Crippen molar-refractivity contribution in [2.75, 3.05) is 12.0 Å². The van der Waals surface area contributed by atoms with Crippen LogP contribution in [0.2, 0.25) is 5.02 Å². The average Bonchev–Trinajstić information content (AvgIpc) is 2.37. The minimum absolute atomic E-state index is 0.180. The van der Waals surface area contributed by atoms with Gasteiger partial charge in [0.25, 0.3) is 5.91 Å². The van der Waals surface area contributed by atoms with Gasteiger partial charge >= 0.3 is 0 Å². The van der Waals surface area contributed by atoms with Gasteiger partial charge in [-0.05, 0) is 19.1 Å². The first kappa shape index (κ1) is 14.9. The van der Waals surface area contributed by atoms with Crippen molar-refractivity contribution in [2.45, 2.75) is 13.0 Å². The van der Waals surface area contributed by atoms with Gasteiger partial charge in [-0.25, -0.2) is 4.98 Å². The molecule has 4 nitrogen and oxygen atoms in total. The maximum absolute atomic E-state index is 12.1. The first-order chi connectivity index (χ1) is 9.47. The van der Waals surface area contributed by atoms with Crippen molar-refractivity contribution >= 4 is 39.2 Å². The quantitative estimate of drug-likeness (QED) is 0.943. The third-order valence-electron chi connectivity index (χ3n) is 2.76. The minimum Gasteiger partial charge on any atom is -0.347 e. The van der Waals surface area contributed by atoms with Crippen molar-refractivity contribution in [3.05, 3.63) is 41.0 Å². The lowest BCUT2D eigenvalue weighted by Crippen LogP contribution is -2.36. The second-order valence-electron chi connectivity index (χ2n) is 4.62. The number of carbonyl (C=O) groups is 1. The number of amides is 1. The monoisotopic (exact) mass is 310 g/mol. The standard InChI is InChI=1S/C14H15ClN2O2S/c1-9(8-20(2)19)16-14(18)13-7-11(15)10-5-3-4-6-12(10)17-13/h3-7,9H,8H2,1-2H3,(H,16,18). The van der Waals surface area contributed by atoms with E-state index in [0.29, 0.717) is 16.3 Å². The molecule has 1 aromatic carbocycles. The molecule has 0 bridgehead atoms. The minimum atomic E-state index is -0.956. The molecule has 0 saturated heterocycles. The highest BCUT2D eigenvalue weighted by Gasteiger charge is 2.14. The molecule has 0 aliphatic rings. The molecule has 106 valence electrons. The van der Waals surface area contributed by atoms with Crippen molar-refractivity contribution in [1.29, 1.82) is 0 Å². The van der Waals surface area contributed by atoms with E-state index in [1.807, 2.05) is 31.2 Å². The first-order valence-electron chi connectivity index (χ1n) is 6.13. The Morgan fingerprint density at radius 1 is 1.45 bits per heavy atom. The summed E-state index contributed by atoms with van der Waals surface area (Å²) in [4.78, 5) is 16.4. The van der Waals surface area contributed by atoms with Crippen LogP contribution >= 0.6 is 11.6 Å². The maximum atomic E-state index is 12.1. The normalized spacial score (nSPS) is 13.9. The summed E-state index contributed by atoms with van der Waals surface area (Å²) >= 11 is 6.16. The van der Waals surface area contributed by atoms with Crippen LogP contribution < -0.4 is 5.32 Å². The SMILES string of the molecule is CC(CS(C)=O)NC(=O)c1cc(Cl)c2ccccc2n1. The zero-order valence-electron chi connectivity index (χ0n) is 11.2. The summed E-state index contributed by atoms with van der Waals surface area (Å²) in [6, 6.07) is 8.75. The molecule has 1 N–H and O–H groups in total. The molecule has 2 rings (SSSR count). The smallest absolute Gasteiger partial charge is 0.270 e. The summed E-state index contributed by atoms with van der Waals surface area (Å²) in [5, 5.41) is 4.07. The molecule has 2 atom stereocenters. The van der Waals surface area contributed by atoms with Gasteiger partial charge in [0.15, 0.2) is 0 Å². The Hall–Kier alpha value is -1.46. The van der Waals surface area contributed by atoms with E-state index in [0.717, 1.165) is 5.39 Å². The van der Waals surface area contributed by atoms with Gasteiger partial charge in [-0.15, -0.1) is 0 Å². The number of fused-ring (bicyclic) bond motifs is 1. The van der Waals surface area contributed by atoms with E-state index < -0.39 is 10.8 Å². The lowest BCUT2D eigenvalue weighted by Gasteiger charge is -2.12. The zero-order valence-corrected chi connectivity index (χ0v) is 12.8. The molecule has 0 fully saturated rings. The molecule has 0 saturated carbocycles. The molecule has 2 aromatic rings. The molecule has 20 heavy (non-hydrogen) atoms. The van der Waals surface area contributed by atoms with Crippen molar-refractivity contribution in [1.82, 2.24) is 10.3 Å². The predicted octanol–water partition coefficient (Wildman–Crippen LogP) is 2.39. The fraction of sp³-hybridized carbons (Fsp3) is 0.286. The van der Waals surface area contributed by atoms with Gasteiger partial charge in [0.05, 0.1) is 10.5 Å². The summed E-state index contributed by atoms with van der Waals surface area (Å²) in [6.45, 7) is 1.81. The third kappa shape index (κ3) is 3.55. The molecule has 0 aliphatic heterocycles. The van der Waals surface area contributed by atoms with Gasteiger partial charge in [0.1, 0.15) is 5.69 Å². The van der Waals surface area contributed by atoms with Gasteiger partial charge in [0.2, 0.25) is 0 Å². The van der Waals surface area contributed by atoms with Crippen LogP contribution in [0.5, 0.6) is 0 Å². The van der Waals surface area contributed by atoms with Crippen LogP contribution in [0.3, 0.4) is 0 Å². The molecule has 2 unspecified atom stereocenters. The average molecular weight is 311 g/mol. The van der Waals surface area contributed by atoms with Crippen LogP contribution in [0.15, 0.2) is 30.3 Å². The van der Waals surface area contributed by atoms with Gasteiger partial charge in [-0.2, -0.15) is 0 Å². The Bertz CT molecular complexity index is 675. The van der Waals surface area contributed by atoms with Crippen molar-refractivity contribution in [3.8, 4) is 0 Å². The highest BCUT2D eigenvalue weighted by Crippen LogP contribution is 2.22. The van der Waals surface area contributed by atoms with Crippen molar-refractivity contribution in [2.24, 2.45) is 0 Å². The van der Waals surface area contributed by atoms with E-state index in [4.69, 9.17) is 11.6 Å². The molecule has 1 aromatic heterocycles. The lowest BCUT2D eigenvalue weighted by molar-refractivity contribution is 0.0939. The summed E-state index contributed by atoms with van der Waals surface area (Å²) in [5.74, 6) is 0.100. The van der Waals surface area contributed by atoms with E-state index in [1.54, 1.807) is 12.3 Å². The highest BCUT2D eigenvalue weighted by molar-refractivity contribution is 7.84. The number of halogens is 1. The van der Waals surface area contributed by atoms with Crippen LogP contribution in [-0.4, -0.2) is 33.2 Å². The number of benzene rings is 1. The first-order valence-corrected chi connectivity index (χ1v) is 8.24. The Kier molecular flexibility index (Phi) is 4.73. The maximum Gasteiger partial charge on any atom is 0.270 e. The van der Waals surface area contributed by atoms with Gasteiger partial charge in [-0.3, -0.25) is 9.00 Å². The molecule has 0 spiro atoms. The fourth-order valence-corrected chi connectivity index (χ4v) is 2.99. The Morgan fingerprint density at radius 3 is 2.85 bits per heavy atom. The molecule has 6 heteroatoms. The molecule has 1 amide bonds. The lowest BCUT2D eigenvalue weighted by atomic mass is 10.2. The topological polar surface area (TPSA) is 59.1 Å². The van der Waals surface area contributed by atoms with E-state index in [1.165, 1.54) is 0 Å². The van der Waals surface area contributed by atoms with E-state index >= 15 is 0 Å².